The number of hydrogen-bond donors (Lipinski definition) is 0. The van der Waals surface area contributed by atoms with E-state index in [1.54, 1.807) is 6.92 Å². The van der Waals surface area contributed by atoms with Crippen molar-refractivity contribution in [3.8, 4) is 5.75 Å². The first-order valence-corrected chi connectivity index (χ1v) is 9.93. The second-order valence-electron chi connectivity index (χ2n) is 6.08. The summed E-state index contributed by atoms with van der Waals surface area (Å²) in [5.74, 6) is -1.97. The summed E-state index contributed by atoms with van der Waals surface area (Å²) in [6, 6.07) is 2.00. The van der Waals surface area contributed by atoms with Crippen LogP contribution in [-0.2, 0) is 14.6 Å². The Labute approximate surface area is 149 Å². The van der Waals surface area contributed by atoms with Crippen LogP contribution >= 0.6 is 0 Å². The topological polar surface area (TPSA) is 91.7 Å². The highest BCUT2D eigenvalue weighted by Gasteiger charge is 2.37. The van der Waals surface area contributed by atoms with Gasteiger partial charge in [0.2, 0.25) is 5.43 Å². The minimum Gasteiger partial charge on any atom is -0.492 e. The number of carbonyl (C=O) groups excluding carboxylic acids is 1. The fourth-order valence-corrected chi connectivity index (χ4v) is 4.19. The Hall–Kier alpha value is -2.42. The van der Waals surface area contributed by atoms with Gasteiger partial charge in [-0.15, -0.1) is 0 Å². The van der Waals surface area contributed by atoms with Gasteiger partial charge in [0.25, 0.3) is 0 Å². The molecule has 0 N–H and O–H groups in total. The third-order valence-corrected chi connectivity index (χ3v) is 5.28. The summed E-state index contributed by atoms with van der Waals surface area (Å²) >= 11 is 0. The highest BCUT2D eigenvalue weighted by molar-refractivity contribution is 7.90. The van der Waals surface area contributed by atoms with Crippen LogP contribution in [-0.4, -0.2) is 38.9 Å². The summed E-state index contributed by atoms with van der Waals surface area (Å²) in [6.07, 6.45) is 2.19. The van der Waals surface area contributed by atoms with Gasteiger partial charge in [-0.2, -0.15) is 0 Å². The zero-order chi connectivity index (χ0) is 19.2. The third kappa shape index (κ3) is 2.86. The van der Waals surface area contributed by atoms with E-state index in [1.807, 2.05) is 0 Å². The molecular formula is C17H18FNO6S. The third-order valence-electron chi connectivity index (χ3n) is 4.18. The number of nitrogens with zero attached hydrogens (tertiary/aromatic N) is 1. The van der Waals surface area contributed by atoms with Gasteiger partial charge in [0, 0.05) is 12.3 Å². The van der Waals surface area contributed by atoms with Gasteiger partial charge in [-0.05, 0) is 31.9 Å². The Morgan fingerprint density at radius 2 is 2.00 bits per heavy atom. The van der Waals surface area contributed by atoms with Gasteiger partial charge in [0.05, 0.1) is 24.6 Å². The fraction of sp³-hybridized carbons (Fsp3) is 0.412. The molecule has 0 saturated heterocycles. The zero-order valence-electron chi connectivity index (χ0n) is 14.5. The van der Waals surface area contributed by atoms with Crippen LogP contribution in [0.5, 0.6) is 5.75 Å². The maximum absolute atomic E-state index is 14.2. The van der Waals surface area contributed by atoms with Crippen molar-refractivity contribution < 1.29 is 27.1 Å². The van der Waals surface area contributed by atoms with Gasteiger partial charge in [-0.3, -0.25) is 4.79 Å². The van der Waals surface area contributed by atoms with Gasteiger partial charge in [0.1, 0.15) is 5.56 Å². The number of hydrogen-bond acceptors (Lipinski definition) is 6. The number of benzene rings is 1. The molecule has 0 unspecified atom stereocenters. The van der Waals surface area contributed by atoms with E-state index in [-0.39, 0.29) is 29.3 Å². The highest BCUT2D eigenvalue weighted by atomic mass is 32.2. The van der Waals surface area contributed by atoms with E-state index >= 15 is 0 Å². The Morgan fingerprint density at radius 1 is 1.35 bits per heavy atom. The molecule has 0 aliphatic heterocycles. The maximum atomic E-state index is 14.2. The van der Waals surface area contributed by atoms with Crippen molar-refractivity contribution in [3.05, 3.63) is 33.7 Å². The first-order valence-electron chi connectivity index (χ1n) is 8.04. The minimum absolute atomic E-state index is 0.00519. The molecule has 1 heterocycles. The second kappa shape index (κ2) is 6.39. The Bertz CT molecular complexity index is 1070. The normalized spacial score (nSPS) is 14.5. The molecule has 1 aromatic carbocycles. The Balaban J connectivity index is 2.61. The lowest BCUT2D eigenvalue weighted by Gasteiger charge is -2.20. The smallest absolute Gasteiger partial charge is 0.345 e. The molecule has 0 spiro atoms. The van der Waals surface area contributed by atoms with Crippen molar-refractivity contribution in [1.29, 1.82) is 0 Å². The zero-order valence-corrected chi connectivity index (χ0v) is 15.4. The van der Waals surface area contributed by atoms with Crippen LogP contribution in [0.3, 0.4) is 0 Å². The summed E-state index contributed by atoms with van der Waals surface area (Å²) in [7, 11) is -2.77. The highest BCUT2D eigenvalue weighted by Crippen LogP contribution is 2.42. The molecule has 1 aliphatic rings. The Morgan fingerprint density at radius 3 is 2.50 bits per heavy atom. The lowest BCUT2D eigenvalue weighted by atomic mass is 10.1. The van der Waals surface area contributed by atoms with E-state index in [1.165, 1.54) is 17.7 Å². The molecule has 1 aliphatic carbocycles. The van der Waals surface area contributed by atoms with Gasteiger partial charge in [0.15, 0.2) is 26.4 Å². The predicted molar refractivity (Wildman–Crippen MR) is 92.1 cm³/mol. The van der Waals surface area contributed by atoms with Crippen LogP contribution in [0.2, 0.25) is 0 Å². The molecule has 7 nitrogen and oxygen atoms in total. The van der Waals surface area contributed by atoms with Gasteiger partial charge in [-0.1, -0.05) is 0 Å². The molecule has 0 radical (unpaired) electrons. The molecule has 26 heavy (non-hydrogen) atoms. The first kappa shape index (κ1) is 18.4. The van der Waals surface area contributed by atoms with E-state index < -0.39 is 37.6 Å². The summed E-state index contributed by atoms with van der Waals surface area (Å²) in [6.45, 7) is 1.53. The molecular weight excluding hydrogens is 365 g/mol. The summed E-state index contributed by atoms with van der Waals surface area (Å²) in [5.41, 5.74) is -1.34. The van der Waals surface area contributed by atoms with Gasteiger partial charge in [-0.25, -0.2) is 17.6 Å². The van der Waals surface area contributed by atoms with E-state index in [0.29, 0.717) is 12.8 Å². The molecule has 140 valence electrons. The molecule has 0 amide bonds. The number of methoxy groups -OCH3 is 1. The number of ether oxygens (including phenoxy) is 2. The van der Waals surface area contributed by atoms with E-state index in [2.05, 4.69) is 0 Å². The van der Waals surface area contributed by atoms with Crippen LogP contribution in [0.1, 0.15) is 36.2 Å². The fourth-order valence-electron chi connectivity index (χ4n) is 3.05. The van der Waals surface area contributed by atoms with Gasteiger partial charge < -0.3 is 14.0 Å². The molecule has 2 aromatic rings. The molecule has 9 heteroatoms. The lowest BCUT2D eigenvalue weighted by Crippen LogP contribution is -2.28. The number of pyridine rings is 1. The molecule has 0 bridgehead atoms. The largest absolute Gasteiger partial charge is 0.492 e. The van der Waals surface area contributed by atoms with Crippen molar-refractivity contribution in [2.24, 2.45) is 0 Å². The number of rotatable bonds is 5. The van der Waals surface area contributed by atoms with E-state index in [9.17, 15) is 22.4 Å². The quantitative estimate of drug-likeness (QED) is 0.734. The number of aromatic nitrogens is 1. The minimum atomic E-state index is -4.00. The summed E-state index contributed by atoms with van der Waals surface area (Å²) in [5, 5.41) is -0.453. The standard InChI is InChI=1S/C17H18FNO6S/c1-4-25-17(21)12-14(20)10-7-8-11(18)15(24-2)13(10)19(9-5-6-9)16(12)26(3,22)23/h7-9H,4-6H2,1-3H3. The molecule has 1 fully saturated rings. The maximum Gasteiger partial charge on any atom is 0.345 e. The SMILES string of the molecule is CCOC(=O)c1c(S(C)(=O)=O)n(C2CC2)c2c(OC)c(F)ccc2c1=O. The van der Waals surface area contributed by atoms with Crippen LogP contribution in [0.4, 0.5) is 4.39 Å². The van der Waals surface area contributed by atoms with Crippen molar-refractivity contribution in [2.45, 2.75) is 30.8 Å². The van der Waals surface area contributed by atoms with E-state index in [4.69, 9.17) is 9.47 Å². The summed E-state index contributed by atoms with van der Waals surface area (Å²) < 4.78 is 50.6. The molecule has 3 rings (SSSR count). The van der Waals surface area contributed by atoms with Gasteiger partial charge >= 0.3 is 5.97 Å². The first-order chi connectivity index (χ1) is 12.2. The van der Waals surface area contributed by atoms with Crippen molar-refractivity contribution in [3.63, 3.8) is 0 Å². The number of carbonyl (C=O) groups is 1. The lowest BCUT2D eigenvalue weighted by molar-refractivity contribution is 0.0518. The number of sulfone groups is 1. The molecule has 1 aromatic heterocycles. The molecule has 1 saturated carbocycles. The van der Waals surface area contributed by atoms with Crippen LogP contribution in [0, 0.1) is 5.82 Å². The van der Waals surface area contributed by atoms with Crippen LogP contribution in [0.25, 0.3) is 10.9 Å². The summed E-state index contributed by atoms with van der Waals surface area (Å²) in [4.78, 5) is 25.3. The number of halogens is 1. The number of esters is 1. The average molecular weight is 383 g/mol. The Kier molecular flexibility index (Phi) is 4.51. The van der Waals surface area contributed by atoms with Crippen molar-refractivity contribution in [1.82, 2.24) is 4.57 Å². The van der Waals surface area contributed by atoms with Crippen LogP contribution < -0.4 is 10.2 Å². The van der Waals surface area contributed by atoms with Crippen molar-refractivity contribution in [2.75, 3.05) is 20.0 Å². The second-order valence-corrected chi connectivity index (χ2v) is 8.01. The van der Waals surface area contributed by atoms with Crippen molar-refractivity contribution >= 4 is 26.7 Å². The monoisotopic (exact) mass is 383 g/mol. The van der Waals surface area contributed by atoms with E-state index in [0.717, 1.165) is 12.3 Å². The number of fused-ring (bicyclic) bond motifs is 1. The van der Waals surface area contributed by atoms with Crippen LogP contribution in [0.15, 0.2) is 22.0 Å². The predicted octanol–water partition coefficient (Wildman–Crippen LogP) is 2.06. The molecule has 0 atom stereocenters. The average Bonchev–Trinajstić information content (AvgIpc) is 3.38.